The molecule has 1 atom stereocenters. The number of rotatable bonds is 4. The van der Waals surface area contributed by atoms with Gasteiger partial charge in [-0.15, -0.1) is 0 Å². The molecular weight excluding hydrogens is 500 g/mol. The first kappa shape index (κ1) is 26.5. The summed E-state index contributed by atoms with van der Waals surface area (Å²) in [7, 11) is 0. The van der Waals surface area contributed by atoms with Crippen molar-refractivity contribution in [3.05, 3.63) is 77.6 Å². The summed E-state index contributed by atoms with van der Waals surface area (Å²) in [5.74, 6) is 0. The van der Waals surface area contributed by atoms with E-state index in [-0.39, 0.29) is 12.2 Å². The summed E-state index contributed by atoms with van der Waals surface area (Å²) in [6.07, 6.45) is 6.27. The molecule has 0 bridgehead atoms. The molecule has 40 heavy (non-hydrogen) atoms. The summed E-state index contributed by atoms with van der Waals surface area (Å²) >= 11 is 0. The van der Waals surface area contributed by atoms with Crippen molar-refractivity contribution in [3.8, 4) is 22.3 Å². The minimum absolute atomic E-state index is 0.205. The number of piperidine rings is 1. The van der Waals surface area contributed by atoms with E-state index in [1.54, 1.807) is 4.90 Å². The van der Waals surface area contributed by atoms with Crippen molar-refractivity contribution in [1.82, 2.24) is 19.8 Å². The number of aromatic amines is 1. The van der Waals surface area contributed by atoms with Crippen LogP contribution in [0.3, 0.4) is 0 Å². The fourth-order valence-corrected chi connectivity index (χ4v) is 5.84. The van der Waals surface area contributed by atoms with Crippen LogP contribution in [0.5, 0.6) is 0 Å². The van der Waals surface area contributed by atoms with Crippen molar-refractivity contribution in [3.63, 3.8) is 0 Å². The zero-order valence-electron chi connectivity index (χ0n) is 23.6. The van der Waals surface area contributed by atoms with Gasteiger partial charge in [0.05, 0.1) is 6.10 Å². The molecule has 208 valence electrons. The summed E-state index contributed by atoms with van der Waals surface area (Å²) < 4.78 is 5.58. The highest BCUT2D eigenvalue weighted by Gasteiger charge is 2.26. The Labute approximate surface area is 235 Å². The zero-order chi connectivity index (χ0) is 27.9. The van der Waals surface area contributed by atoms with E-state index in [1.165, 1.54) is 16.7 Å². The Hall–Kier alpha value is -3.68. The summed E-state index contributed by atoms with van der Waals surface area (Å²) in [5.41, 5.74) is 8.56. The van der Waals surface area contributed by atoms with Crippen molar-refractivity contribution in [2.45, 2.75) is 64.8 Å². The van der Waals surface area contributed by atoms with Crippen LogP contribution in [0.1, 0.15) is 50.3 Å². The second-order valence-electron chi connectivity index (χ2n) is 12.2. The van der Waals surface area contributed by atoms with E-state index in [9.17, 15) is 9.90 Å². The van der Waals surface area contributed by atoms with E-state index in [2.05, 4.69) is 58.4 Å². The van der Waals surface area contributed by atoms with Crippen molar-refractivity contribution < 1.29 is 14.6 Å². The Morgan fingerprint density at radius 1 is 1.05 bits per heavy atom. The molecule has 0 radical (unpaired) electrons. The van der Waals surface area contributed by atoms with Gasteiger partial charge in [-0.2, -0.15) is 0 Å². The molecule has 0 aliphatic carbocycles. The van der Waals surface area contributed by atoms with Gasteiger partial charge in [0, 0.05) is 55.1 Å². The fraction of sp³-hybridized carbons (Fsp3) is 0.394. The molecule has 0 spiro atoms. The lowest BCUT2D eigenvalue weighted by Crippen LogP contribution is -2.39. The number of aliphatic hydroxyl groups excluding tert-OH is 1. The number of pyridine rings is 1. The van der Waals surface area contributed by atoms with Crippen LogP contribution in [0.2, 0.25) is 0 Å². The molecule has 0 saturated carbocycles. The number of H-pyrrole nitrogens is 1. The number of hydrogen-bond acceptors (Lipinski definition) is 5. The maximum atomic E-state index is 12.6. The van der Waals surface area contributed by atoms with E-state index in [0.29, 0.717) is 13.1 Å². The lowest BCUT2D eigenvalue weighted by atomic mass is 9.94. The summed E-state index contributed by atoms with van der Waals surface area (Å²) in [6.45, 7) is 9.57. The van der Waals surface area contributed by atoms with E-state index in [1.807, 2.05) is 33.2 Å². The topological polar surface area (TPSA) is 81.7 Å². The maximum absolute atomic E-state index is 12.6. The average Bonchev–Trinajstić information content (AvgIpc) is 3.35. The molecule has 2 N–H and O–H groups in total. The molecule has 1 fully saturated rings. The standard InChI is InChI=1S/C33H38N4O3/c1-33(2,3)40-32(39)37-14-12-24-15-25(10-11-26(24)20-37)30-18-35-31-29(30)16-27(17-34-31)23-8-6-22(7-9-23)19-36-13-4-5-28(38)21-36/h6-11,15-18,28,38H,4-5,12-14,19-21H2,1-3H3,(H,34,35). The van der Waals surface area contributed by atoms with Gasteiger partial charge in [-0.05, 0) is 80.5 Å². The van der Waals surface area contributed by atoms with E-state index < -0.39 is 5.60 Å². The van der Waals surface area contributed by atoms with Gasteiger partial charge in [0.25, 0.3) is 0 Å². The molecule has 4 aromatic rings. The number of nitrogens with one attached hydrogen (secondary N) is 1. The van der Waals surface area contributed by atoms with Gasteiger partial charge in [-0.25, -0.2) is 9.78 Å². The first-order valence-corrected chi connectivity index (χ1v) is 14.3. The first-order valence-electron chi connectivity index (χ1n) is 14.3. The Balaban J connectivity index is 1.20. The van der Waals surface area contributed by atoms with Crippen molar-refractivity contribution in [2.75, 3.05) is 19.6 Å². The molecule has 2 aliphatic heterocycles. The minimum atomic E-state index is -0.497. The van der Waals surface area contributed by atoms with Crippen LogP contribution in [0.4, 0.5) is 4.79 Å². The van der Waals surface area contributed by atoms with Gasteiger partial charge in [0.2, 0.25) is 0 Å². The number of likely N-dealkylation sites (tertiary alicyclic amines) is 1. The van der Waals surface area contributed by atoms with Crippen molar-refractivity contribution in [2.24, 2.45) is 0 Å². The summed E-state index contributed by atoms with van der Waals surface area (Å²) in [5, 5.41) is 11.1. The largest absolute Gasteiger partial charge is 0.444 e. The van der Waals surface area contributed by atoms with Crippen LogP contribution in [-0.2, 0) is 24.2 Å². The molecule has 1 saturated heterocycles. The quantitative estimate of drug-likeness (QED) is 0.326. The lowest BCUT2D eigenvalue weighted by Gasteiger charge is -2.31. The predicted molar refractivity (Wildman–Crippen MR) is 158 cm³/mol. The SMILES string of the molecule is CC(C)(C)OC(=O)N1CCc2cc(-c3c[nH]c4ncc(-c5ccc(CN6CCCC(O)C6)cc5)cc34)ccc2C1. The van der Waals surface area contributed by atoms with E-state index in [4.69, 9.17) is 9.72 Å². The molecule has 4 heterocycles. The third kappa shape index (κ3) is 5.76. The van der Waals surface area contributed by atoms with E-state index in [0.717, 1.165) is 72.2 Å². The number of ether oxygens (including phenoxy) is 1. The van der Waals surface area contributed by atoms with Crippen LogP contribution in [0.15, 0.2) is 60.9 Å². The third-order valence-electron chi connectivity index (χ3n) is 7.89. The zero-order valence-corrected chi connectivity index (χ0v) is 23.6. The molecule has 1 amide bonds. The number of carbonyl (C=O) groups excluding carboxylic acids is 1. The number of hydrogen-bond donors (Lipinski definition) is 2. The normalized spacial score (nSPS) is 18.1. The molecule has 2 aromatic heterocycles. The van der Waals surface area contributed by atoms with Gasteiger partial charge in [0.15, 0.2) is 0 Å². The highest BCUT2D eigenvalue weighted by molar-refractivity contribution is 5.96. The molecule has 2 aliphatic rings. The number of amides is 1. The predicted octanol–water partition coefficient (Wildman–Crippen LogP) is 6.15. The molecule has 7 nitrogen and oxygen atoms in total. The van der Waals surface area contributed by atoms with Crippen LogP contribution in [-0.4, -0.2) is 62.3 Å². The monoisotopic (exact) mass is 538 g/mol. The summed E-state index contributed by atoms with van der Waals surface area (Å²) in [6, 6.07) is 17.4. The van der Waals surface area contributed by atoms with Gasteiger partial charge in [-0.1, -0.05) is 42.5 Å². The maximum Gasteiger partial charge on any atom is 0.410 e. The number of aromatic nitrogens is 2. The van der Waals surface area contributed by atoms with Crippen LogP contribution in [0.25, 0.3) is 33.3 Å². The number of fused-ring (bicyclic) bond motifs is 2. The number of aliphatic hydroxyl groups is 1. The molecular formula is C33H38N4O3. The van der Waals surface area contributed by atoms with Crippen molar-refractivity contribution in [1.29, 1.82) is 0 Å². The van der Waals surface area contributed by atoms with Gasteiger partial charge < -0.3 is 19.7 Å². The van der Waals surface area contributed by atoms with E-state index >= 15 is 0 Å². The molecule has 7 heteroatoms. The van der Waals surface area contributed by atoms with Crippen LogP contribution < -0.4 is 0 Å². The highest BCUT2D eigenvalue weighted by atomic mass is 16.6. The van der Waals surface area contributed by atoms with Crippen LogP contribution in [0, 0.1) is 0 Å². The Bertz CT molecular complexity index is 1520. The third-order valence-corrected chi connectivity index (χ3v) is 7.89. The Kier molecular flexibility index (Phi) is 7.11. The molecule has 1 unspecified atom stereocenters. The molecule has 2 aromatic carbocycles. The highest BCUT2D eigenvalue weighted by Crippen LogP contribution is 2.33. The van der Waals surface area contributed by atoms with Crippen molar-refractivity contribution >= 4 is 17.1 Å². The minimum Gasteiger partial charge on any atom is -0.444 e. The first-order chi connectivity index (χ1) is 19.2. The number of benzene rings is 2. The average molecular weight is 539 g/mol. The van der Waals surface area contributed by atoms with Crippen LogP contribution >= 0.6 is 0 Å². The summed E-state index contributed by atoms with van der Waals surface area (Å²) in [4.78, 5) is 24.8. The van der Waals surface area contributed by atoms with Gasteiger partial charge >= 0.3 is 6.09 Å². The Morgan fingerprint density at radius 3 is 2.62 bits per heavy atom. The number of β-amino-alcohol motifs (C(OH)–C–C–N with tert-alkyl or cyclic N) is 1. The van der Waals surface area contributed by atoms with Gasteiger partial charge in [-0.3, -0.25) is 4.90 Å². The second-order valence-corrected chi connectivity index (χ2v) is 12.2. The number of nitrogens with zero attached hydrogens (tertiary/aromatic N) is 3. The second kappa shape index (κ2) is 10.7. The molecule has 6 rings (SSSR count). The lowest BCUT2D eigenvalue weighted by molar-refractivity contribution is 0.0224. The smallest absolute Gasteiger partial charge is 0.410 e. The Morgan fingerprint density at radius 2 is 1.85 bits per heavy atom. The van der Waals surface area contributed by atoms with Gasteiger partial charge in [0.1, 0.15) is 11.2 Å². The fourth-order valence-electron chi connectivity index (χ4n) is 5.84. The number of carbonyl (C=O) groups is 1.